The molecule has 2 nitrogen and oxygen atoms in total. The van der Waals surface area contributed by atoms with Gasteiger partial charge in [0.1, 0.15) is 11.5 Å². The van der Waals surface area contributed by atoms with Crippen molar-refractivity contribution in [3.05, 3.63) is 51.6 Å². The maximum absolute atomic E-state index is 5.87. The van der Waals surface area contributed by atoms with Gasteiger partial charge in [0.2, 0.25) is 0 Å². The molecule has 0 aliphatic rings. The molecule has 1 atom stereocenters. The predicted octanol–water partition coefficient (Wildman–Crippen LogP) is 5.18. The standard InChI is InChI=1S/C16H18INO/c1-3-11(2)12-4-7-14(8-5-12)19-16-9-6-13(18)10-15(16)17/h4-11H,3,18H2,1-2H3. The summed E-state index contributed by atoms with van der Waals surface area (Å²) < 4.78 is 6.89. The Labute approximate surface area is 128 Å². The van der Waals surface area contributed by atoms with E-state index in [1.54, 1.807) is 0 Å². The molecule has 0 amide bonds. The Hall–Kier alpha value is -1.23. The highest BCUT2D eigenvalue weighted by Crippen LogP contribution is 2.29. The summed E-state index contributed by atoms with van der Waals surface area (Å²) in [6.07, 6.45) is 1.15. The third-order valence-electron chi connectivity index (χ3n) is 3.25. The number of hydrogen-bond donors (Lipinski definition) is 1. The fraction of sp³-hybridized carbons (Fsp3) is 0.250. The fourth-order valence-electron chi connectivity index (χ4n) is 1.83. The Morgan fingerprint density at radius 3 is 2.42 bits per heavy atom. The van der Waals surface area contributed by atoms with Crippen molar-refractivity contribution in [1.29, 1.82) is 0 Å². The van der Waals surface area contributed by atoms with Gasteiger partial charge in [0.25, 0.3) is 0 Å². The molecule has 2 rings (SSSR count). The second kappa shape index (κ2) is 6.28. The van der Waals surface area contributed by atoms with Gasteiger partial charge in [-0.05, 0) is 70.8 Å². The van der Waals surface area contributed by atoms with E-state index in [0.29, 0.717) is 5.92 Å². The molecule has 0 spiro atoms. The van der Waals surface area contributed by atoms with Crippen LogP contribution in [0.25, 0.3) is 0 Å². The van der Waals surface area contributed by atoms with Crippen LogP contribution < -0.4 is 10.5 Å². The third kappa shape index (κ3) is 3.62. The highest BCUT2D eigenvalue weighted by molar-refractivity contribution is 14.1. The summed E-state index contributed by atoms with van der Waals surface area (Å²) in [5, 5.41) is 0. The van der Waals surface area contributed by atoms with Crippen LogP contribution in [0.3, 0.4) is 0 Å². The minimum absolute atomic E-state index is 0.589. The zero-order chi connectivity index (χ0) is 13.8. The van der Waals surface area contributed by atoms with E-state index in [4.69, 9.17) is 10.5 Å². The monoisotopic (exact) mass is 367 g/mol. The number of nitrogen functional groups attached to an aromatic ring is 1. The number of ether oxygens (including phenoxy) is 1. The molecular formula is C16H18INO. The molecule has 2 aromatic rings. The third-order valence-corrected chi connectivity index (χ3v) is 4.09. The van der Waals surface area contributed by atoms with Gasteiger partial charge in [0.05, 0.1) is 3.57 Å². The van der Waals surface area contributed by atoms with Crippen molar-refractivity contribution < 1.29 is 4.74 Å². The zero-order valence-corrected chi connectivity index (χ0v) is 13.3. The first-order valence-corrected chi connectivity index (χ1v) is 7.51. The molecule has 0 aromatic heterocycles. The van der Waals surface area contributed by atoms with Crippen molar-refractivity contribution >= 4 is 28.3 Å². The first-order valence-electron chi connectivity index (χ1n) is 6.43. The summed E-state index contributed by atoms with van der Waals surface area (Å²) in [7, 11) is 0. The van der Waals surface area contributed by atoms with Gasteiger partial charge in [-0.3, -0.25) is 0 Å². The number of benzene rings is 2. The van der Waals surface area contributed by atoms with Crippen LogP contribution in [0.2, 0.25) is 0 Å². The fourth-order valence-corrected chi connectivity index (χ4v) is 2.48. The van der Waals surface area contributed by atoms with Gasteiger partial charge in [-0.15, -0.1) is 0 Å². The molecule has 0 saturated heterocycles. The van der Waals surface area contributed by atoms with E-state index in [-0.39, 0.29) is 0 Å². The molecule has 19 heavy (non-hydrogen) atoms. The van der Waals surface area contributed by atoms with Crippen LogP contribution in [0.1, 0.15) is 31.7 Å². The molecule has 0 aliphatic carbocycles. The van der Waals surface area contributed by atoms with Crippen LogP contribution >= 0.6 is 22.6 Å². The van der Waals surface area contributed by atoms with Crippen molar-refractivity contribution in [2.45, 2.75) is 26.2 Å². The molecule has 2 aromatic carbocycles. The van der Waals surface area contributed by atoms with E-state index in [2.05, 4.69) is 48.6 Å². The van der Waals surface area contributed by atoms with Crippen molar-refractivity contribution in [3.8, 4) is 11.5 Å². The Kier molecular flexibility index (Phi) is 4.69. The Morgan fingerprint density at radius 1 is 1.16 bits per heavy atom. The molecule has 0 heterocycles. The van der Waals surface area contributed by atoms with Crippen molar-refractivity contribution in [1.82, 2.24) is 0 Å². The van der Waals surface area contributed by atoms with E-state index in [1.165, 1.54) is 5.56 Å². The molecule has 0 bridgehead atoms. The largest absolute Gasteiger partial charge is 0.456 e. The average molecular weight is 367 g/mol. The minimum Gasteiger partial charge on any atom is -0.456 e. The number of rotatable bonds is 4. The zero-order valence-electron chi connectivity index (χ0n) is 11.2. The normalized spacial score (nSPS) is 12.2. The number of hydrogen-bond acceptors (Lipinski definition) is 2. The van der Waals surface area contributed by atoms with Gasteiger partial charge < -0.3 is 10.5 Å². The highest BCUT2D eigenvalue weighted by atomic mass is 127. The number of nitrogens with two attached hydrogens (primary N) is 1. The Morgan fingerprint density at radius 2 is 1.84 bits per heavy atom. The first-order chi connectivity index (χ1) is 9.10. The van der Waals surface area contributed by atoms with E-state index < -0.39 is 0 Å². The quantitative estimate of drug-likeness (QED) is 0.597. The lowest BCUT2D eigenvalue weighted by molar-refractivity contribution is 0.479. The van der Waals surface area contributed by atoms with Gasteiger partial charge >= 0.3 is 0 Å². The summed E-state index contributed by atoms with van der Waals surface area (Å²) in [5.41, 5.74) is 7.83. The van der Waals surface area contributed by atoms with E-state index in [9.17, 15) is 0 Å². The SMILES string of the molecule is CCC(C)c1ccc(Oc2ccc(N)cc2I)cc1. The van der Waals surface area contributed by atoms with Crippen molar-refractivity contribution in [3.63, 3.8) is 0 Å². The Balaban J connectivity index is 2.15. The van der Waals surface area contributed by atoms with E-state index in [0.717, 1.165) is 27.2 Å². The first kappa shape index (κ1) is 14.2. The van der Waals surface area contributed by atoms with E-state index >= 15 is 0 Å². The summed E-state index contributed by atoms with van der Waals surface area (Å²) >= 11 is 2.23. The minimum atomic E-state index is 0.589. The van der Waals surface area contributed by atoms with Crippen LogP contribution in [0.15, 0.2) is 42.5 Å². The maximum atomic E-state index is 5.87. The molecule has 0 radical (unpaired) electrons. The molecule has 0 saturated carbocycles. The van der Waals surface area contributed by atoms with Gasteiger partial charge in [0, 0.05) is 5.69 Å². The van der Waals surface area contributed by atoms with Gasteiger partial charge in [-0.2, -0.15) is 0 Å². The van der Waals surface area contributed by atoms with E-state index in [1.807, 2.05) is 30.3 Å². The molecular weight excluding hydrogens is 349 g/mol. The molecule has 1 unspecified atom stereocenters. The van der Waals surface area contributed by atoms with Crippen molar-refractivity contribution in [2.24, 2.45) is 0 Å². The molecule has 100 valence electrons. The van der Waals surface area contributed by atoms with Gasteiger partial charge in [-0.25, -0.2) is 0 Å². The molecule has 2 N–H and O–H groups in total. The van der Waals surface area contributed by atoms with Crippen LogP contribution in [-0.4, -0.2) is 0 Å². The summed E-state index contributed by atoms with van der Waals surface area (Å²) in [6, 6.07) is 14.0. The van der Waals surface area contributed by atoms with Gasteiger partial charge in [0.15, 0.2) is 0 Å². The Bertz CT molecular complexity index is 551. The topological polar surface area (TPSA) is 35.2 Å². The highest BCUT2D eigenvalue weighted by Gasteiger charge is 2.05. The van der Waals surface area contributed by atoms with Crippen LogP contribution in [-0.2, 0) is 0 Å². The summed E-state index contributed by atoms with van der Waals surface area (Å²) in [4.78, 5) is 0. The van der Waals surface area contributed by atoms with Crippen LogP contribution in [0.5, 0.6) is 11.5 Å². The van der Waals surface area contributed by atoms with Gasteiger partial charge in [-0.1, -0.05) is 26.0 Å². The smallest absolute Gasteiger partial charge is 0.140 e. The lowest BCUT2D eigenvalue weighted by atomic mass is 9.99. The lowest BCUT2D eigenvalue weighted by Gasteiger charge is -2.11. The number of halogens is 1. The average Bonchev–Trinajstić information content (AvgIpc) is 2.42. The maximum Gasteiger partial charge on any atom is 0.140 e. The molecule has 3 heteroatoms. The molecule has 0 fully saturated rings. The van der Waals surface area contributed by atoms with Crippen LogP contribution in [0, 0.1) is 3.57 Å². The summed E-state index contributed by atoms with van der Waals surface area (Å²) in [6.45, 7) is 4.44. The summed E-state index contributed by atoms with van der Waals surface area (Å²) in [5.74, 6) is 2.28. The van der Waals surface area contributed by atoms with Crippen molar-refractivity contribution in [2.75, 3.05) is 5.73 Å². The molecule has 0 aliphatic heterocycles. The van der Waals surface area contributed by atoms with Crippen LogP contribution in [0.4, 0.5) is 5.69 Å². The second-order valence-corrected chi connectivity index (χ2v) is 5.83. The predicted molar refractivity (Wildman–Crippen MR) is 88.8 cm³/mol. The lowest BCUT2D eigenvalue weighted by Crippen LogP contribution is -1.93. The number of anilines is 1. The second-order valence-electron chi connectivity index (χ2n) is 4.67.